The van der Waals surface area contributed by atoms with E-state index in [4.69, 9.17) is 5.26 Å². The Morgan fingerprint density at radius 2 is 1.90 bits per heavy atom. The van der Waals surface area contributed by atoms with Crippen molar-refractivity contribution < 1.29 is 23.1 Å². The minimum absolute atomic E-state index is 0.103. The van der Waals surface area contributed by atoms with Crippen molar-refractivity contribution in [1.82, 2.24) is 14.9 Å². The van der Waals surface area contributed by atoms with E-state index in [2.05, 4.69) is 9.97 Å². The van der Waals surface area contributed by atoms with Crippen LogP contribution in [0.5, 0.6) is 0 Å². The van der Waals surface area contributed by atoms with Gasteiger partial charge in [-0.15, -0.1) is 0 Å². The van der Waals surface area contributed by atoms with Gasteiger partial charge in [-0.2, -0.15) is 18.4 Å². The third-order valence-corrected chi connectivity index (χ3v) is 5.31. The first-order chi connectivity index (χ1) is 13.8. The third kappa shape index (κ3) is 4.16. The molecule has 0 aliphatic heterocycles. The van der Waals surface area contributed by atoms with Crippen molar-refractivity contribution in [3.05, 3.63) is 59.2 Å². The number of nitriles is 1. The summed E-state index contributed by atoms with van der Waals surface area (Å²) in [5, 5.41) is 19.1. The number of benzene rings is 1. The van der Waals surface area contributed by atoms with E-state index in [9.17, 15) is 23.1 Å². The van der Waals surface area contributed by atoms with Gasteiger partial charge >= 0.3 is 12.3 Å². The minimum atomic E-state index is -4.59. The van der Waals surface area contributed by atoms with Crippen LogP contribution in [0.15, 0.2) is 36.5 Å². The summed E-state index contributed by atoms with van der Waals surface area (Å²) >= 11 is 0. The average Bonchev–Trinajstić information content (AvgIpc) is 2.72. The summed E-state index contributed by atoms with van der Waals surface area (Å²) in [5.41, 5.74) is -1.76. The maximum absolute atomic E-state index is 13.4. The number of halogens is 3. The van der Waals surface area contributed by atoms with Crippen LogP contribution in [0.3, 0.4) is 0 Å². The van der Waals surface area contributed by atoms with Gasteiger partial charge in [0.2, 0.25) is 5.82 Å². The van der Waals surface area contributed by atoms with E-state index in [-0.39, 0.29) is 11.4 Å². The Hall–Kier alpha value is -3.15. The number of aromatic nitrogens is 2. The van der Waals surface area contributed by atoms with Crippen molar-refractivity contribution in [2.75, 3.05) is 0 Å². The van der Waals surface area contributed by atoms with E-state index in [1.165, 1.54) is 30.5 Å². The lowest BCUT2D eigenvalue weighted by atomic mass is 9.77. The van der Waals surface area contributed by atoms with Crippen LogP contribution in [0.2, 0.25) is 0 Å². The van der Waals surface area contributed by atoms with E-state index >= 15 is 0 Å². The highest BCUT2D eigenvalue weighted by Crippen LogP contribution is 2.43. The summed E-state index contributed by atoms with van der Waals surface area (Å²) in [6.45, 7) is -0.434. The van der Waals surface area contributed by atoms with Crippen LogP contribution in [-0.2, 0) is 18.3 Å². The molecular weight excluding hydrogens is 385 g/mol. The first-order valence-corrected chi connectivity index (χ1v) is 9.17. The molecule has 0 saturated heterocycles. The zero-order valence-corrected chi connectivity index (χ0v) is 15.5. The molecule has 1 aromatic carbocycles. The van der Waals surface area contributed by atoms with E-state index in [1.807, 2.05) is 6.07 Å². The van der Waals surface area contributed by atoms with Crippen LogP contribution in [0, 0.1) is 11.3 Å². The van der Waals surface area contributed by atoms with Crippen LogP contribution in [0.1, 0.15) is 54.7 Å². The Bertz CT molecular complexity index is 934. The van der Waals surface area contributed by atoms with Crippen molar-refractivity contribution in [2.24, 2.45) is 0 Å². The van der Waals surface area contributed by atoms with Gasteiger partial charge in [0.05, 0.1) is 23.3 Å². The fraction of sp³-hybridized carbons (Fsp3) is 0.400. The molecule has 6 nitrogen and oxygen atoms in total. The second-order valence-electron chi connectivity index (χ2n) is 6.99. The molecule has 0 atom stereocenters. The van der Waals surface area contributed by atoms with E-state index < -0.39 is 29.9 Å². The number of hydrogen-bond acceptors (Lipinski definition) is 4. The summed E-state index contributed by atoms with van der Waals surface area (Å²) in [6.07, 6.45) is -1.42. The van der Waals surface area contributed by atoms with E-state index in [0.717, 1.165) is 17.4 Å². The van der Waals surface area contributed by atoms with Crippen molar-refractivity contribution in [3.63, 3.8) is 0 Å². The Morgan fingerprint density at radius 3 is 2.52 bits per heavy atom. The SMILES string of the molecule is N#Cc1nccc(C2(N(Cc3ccccc3C(F)(F)F)C(=O)O)CCCCC2)n1. The molecule has 0 unspecified atom stereocenters. The molecule has 2 aromatic rings. The largest absolute Gasteiger partial charge is 0.465 e. The Kier molecular flexibility index (Phi) is 5.73. The van der Waals surface area contributed by atoms with Gasteiger partial charge in [-0.25, -0.2) is 14.8 Å². The van der Waals surface area contributed by atoms with Gasteiger partial charge in [0.15, 0.2) is 0 Å². The third-order valence-electron chi connectivity index (χ3n) is 5.31. The fourth-order valence-corrected chi connectivity index (χ4v) is 3.98. The zero-order valence-electron chi connectivity index (χ0n) is 15.5. The Labute approximate surface area is 165 Å². The molecule has 29 heavy (non-hydrogen) atoms. The smallest absolute Gasteiger partial charge is 0.416 e. The van der Waals surface area contributed by atoms with Crippen molar-refractivity contribution in [3.8, 4) is 6.07 Å². The maximum Gasteiger partial charge on any atom is 0.416 e. The van der Waals surface area contributed by atoms with Crippen LogP contribution >= 0.6 is 0 Å². The lowest BCUT2D eigenvalue weighted by molar-refractivity contribution is -0.138. The number of rotatable bonds is 4. The highest BCUT2D eigenvalue weighted by molar-refractivity contribution is 5.67. The fourth-order valence-electron chi connectivity index (χ4n) is 3.98. The molecule has 1 amide bonds. The molecule has 1 aliphatic carbocycles. The Balaban J connectivity index is 2.10. The minimum Gasteiger partial charge on any atom is -0.465 e. The van der Waals surface area contributed by atoms with Gasteiger partial charge < -0.3 is 5.11 Å². The van der Waals surface area contributed by atoms with E-state index in [0.29, 0.717) is 31.4 Å². The van der Waals surface area contributed by atoms with Gasteiger partial charge in [-0.3, -0.25) is 4.90 Å². The number of hydrogen-bond donors (Lipinski definition) is 1. The molecular formula is C20H19F3N4O2. The van der Waals surface area contributed by atoms with Crippen LogP contribution in [0.4, 0.5) is 18.0 Å². The molecule has 1 aliphatic rings. The number of nitrogens with zero attached hydrogens (tertiary/aromatic N) is 4. The standard InChI is InChI=1S/C20H19F3N4O2/c21-20(22,23)15-7-3-2-6-14(15)13-27(18(28)29)19(9-4-1-5-10-19)16-8-11-25-17(12-24)26-16/h2-3,6-8,11H,1,4-5,9-10,13H2,(H,28,29). The first-order valence-electron chi connectivity index (χ1n) is 9.17. The van der Waals surface area contributed by atoms with Crippen LogP contribution < -0.4 is 0 Å². The van der Waals surface area contributed by atoms with Crippen molar-refractivity contribution in [1.29, 1.82) is 5.26 Å². The number of carboxylic acid groups (broad SMARTS) is 1. The van der Waals surface area contributed by atoms with Gasteiger partial charge in [0.25, 0.3) is 0 Å². The van der Waals surface area contributed by atoms with Crippen molar-refractivity contribution in [2.45, 2.75) is 50.4 Å². The second kappa shape index (κ2) is 8.07. The average molecular weight is 404 g/mol. The molecule has 1 aromatic heterocycles. The van der Waals surface area contributed by atoms with Gasteiger partial charge in [0.1, 0.15) is 6.07 Å². The second-order valence-corrected chi connectivity index (χ2v) is 6.99. The van der Waals surface area contributed by atoms with Gasteiger partial charge in [-0.1, -0.05) is 37.5 Å². The molecule has 1 saturated carbocycles. The van der Waals surface area contributed by atoms with Crippen molar-refractivity contribution >= 4 is 6.09 Å². The summed E-state index contributed by atoms with van der Waals surface area (Å²) < 4.78 is 40.3. The number of amides is 1. The lowest BCUT2D eigenvalue weighted by Gasteiger charge is -2.44. The predicted octanol–water partition coefficient (Wildman–Crippen LogP) is 4.71. The molecule has 1 fully saturated rings. The zero-order chi connectivity index (χ0) is 21.1. The summed E-state index contributed by atoms with van der Waals surface area (Å²) in [5.74, 6) is -0.103. The molecule has 0 bridgehead atoms. The first kappa shape index (κ1) is 20.6. The van der Waals surface area contributed by atoms with Gasteiger partial charge in [-0.05, 0) is 30.5 Å². The molecule has 1 N–H and O–H groups in total. The summed E-state index contributed by atoms with van der Waals surface area (Å²) in [6, 6.07) is 8.34. The summed E-state index contributed by atoms with van der Waals surface area (Å²) in [7, 11) is 0. The quantitative estimate of drug-likeness (QED) is 0.797. The molecule has 1 heterocycles. The molecule has 3 rings (SSSR count). The summed E-state index contributed by atoms with van der Waals surface area (Å²) in [4.78, 5) is 21.3. The van der Waals surface area contributed by atoms with Crippen LogP contribution in [-0.4, -0.2) is 26.1 Å². The monoisotopic (exact) mass is 404 g/mol. The molecule has 0 radical (unpaired) electrons. The highest BCUT2D eigenvalue weighted by atomic mass is 19.4. The topological polar surface area (TPSA) is 90.1 Å². The van der Waals surface area contributed by atoms with Gasteiger partial charge in [0, 0.05) is 6.20 Å². The maximum atomic E-state index is 13.4. The molecule has 152 valence electrons. The number of carbonyl (C=O) groups is 1. The predicted molar refractivity (Wildman–Crippen MR) is 96.5 cm³/mol. The normalized spacial score (nSPS) is 16.1. The van der Waals surface area contributed by atoms with Crippen LogP contribution in [0.25, 0.3) is 0 Å². The lowest BCUT2D eigenvalue weighted by Crippen LogP contribution is -2.50. The molecule has 9 heteroatoms. The van der Waals surface area contributed by atoms with E-state index in [1.54, 1.807) is 0 Å². The highest BCUT2D eigenvalue weighted by Gasteiger charge is 2.45. The molecule has 0 spiro atoms. The number of alkyl halides is 3. The Morgan fingerprint density at radius 1 is 1.21 bits per heavy atom.